The van der Waals surface area contributed by atoms with Crippen molar-refractivity contribution in [1.29, 1.82) is 0 Å². The summed E-state index contributed by atoms with van der Waals surface area (Å²) in [6.07, 6.45) is 0.787. The second-order valence-electron chi connectivity index (χ2n) is 5.72. The molecule has 1 N–H and O–H groups in total. The largest absolute Gasteiger partial charge is 0.352 e. The van der Waals surface area contributed by atoms with Crippen LogP contribution >= 0.6 is 11.3 Å². The van der Waals surface area contributed by atoms with Crippen LogP contribution in [0.3, 0.4) is 0 Å². The molecule has 0 saturated heterocycles. The van der Waals surface area contributed by atoms with Crippen LogP contribution in [0.5, 0.6) is 0 Å². The quantitative estimate of drug-likeness (QED) is 0.819. The fourth-order valence-corrected chi connectivity index (χ4v) is 4.15. The van der Waals surface area contributed by atoms with E-state index in [0.717, 1.165) is 6.42 Å². The summed E-state index contributed by atoms with van der Waals surface area (Å²) in [5.74, 6) is -0.201. The zero-order valence-corrected chi connectivity index (χ0v) is 15.7. The van der Waals surface area contributed by atoms with Gasteiger partial charge in [0.05, 0.1) is 4.90 Å². The molecule has 1 heterocycles. The molecule has 0 aliphatic rings. The number of nitrogens with one attached hydrogen (secondary N) is 1. The normalized spacial score (nSPS) is 11.9. The van der Waals surface area contributed by atoms with E-state index in [1.807, 2.05) is 31.4 Å². The SMILES string of the molecule is CC(C)N(C)S(=O)(=O)c1ccc(C(=O)NCCc2cccs2)cc1. The zero-order valence-electron chi connectivity index (χ0n) is 14.0. The Hall–Kier alpha value is -1.70. The van der Waals surface area contributed by atoms with Gasteiger partial charge in [-0.1, -0.05) is 6.07 Å². The minimum absolute atomic E-state index is 0.129. The predicted octanol–water partition coefficient (Wildman–Crippen LogP) is 2.75. The van der Waals surface area contributed by atoms with Crippen molar-refractivity contribution < 1.29 is 13.2 Å². The fourth-order valence-electron chi connectivity index (χ4n) is 2.08. The van der Waals surface area contributed by atoms with Crippen LogP contribution in [0.25, 0.3) is 0 Å². The topological polar surface area (TPSA) is 66.5 Å². The van der Waals surface area contributed by atoms with Crippen molar-refractivity contribution >= 4 is 27.3 Å². The number of amides is 1. The number of benzene rings is 1. The standard InChI is InChI=1S/C17H22N2O3S2/c1-13(2)19(3)24(21,22)16-8-6-14(7-9-16)17(20)18-11-10-15-5-4-12-23-15/h4-9,12-13H,10-11H2,1-3H3,(H,18,20). The van der Waals surface area contributed by atoms with Crippen LogP contribution in [0.1, 0.15) is 29.1 Å². The molecule has 24 heavy (non-hydrogen) atoms. The lowest BCUT2D eigenvalue weighted by Crippen LogP contribution is -2.33. The highest BCUT2D eigenvalue weighted by atomic mass is 32.2. The van der Waals surface area contributed by atoms with Crippen molar-refractivity contribution in [2.45, 2.75) is 31.2 Å². The van der Waals surface area contributed by atoms with Crippen LogP contribution in [-0.4, -0.2) is 38.3 Å². The summed E-state index contributed by atoms with van der Waals surface area (Å²) in [6, 6.07) is 9.92. The molecule has 2 aromatic rings. The highest BCUT2D eigenvalue weighted by molar-refractivity contribution is 7.89. The van der Waals surface area contributed by atoms with Gasteiger partial charge in [-0.05, 0) is 56.0 Å². The highest BCUT2D eigenvalue weighted by Crippen LogP contribution is 2.17. The van der Waals surface area contributed by atoms with Gasteiger partial charge in [-0.3, -0.25) is 4.79 Å². The van der Waals surface area contributed by atoms with Crippen molar-refractivity contribution in [1.82, 2.24) is 9.62 Å². The van der Waals surface area contributed by atoms with E-state index < -0.39 is 10.0 Å². The Balaban J connectivity index is 1.99. The molecule has 1 aromatic carbocycles. The van der Waals surface area contributed by atoms with Gasteiger partial charge in [0, 0.05) is 30.1 Å². The molecule has 1 amide bonds. The first-order valence-electron chi connectivity index (χ1n) is 7.71. The number of thiophene rings is 1. The predicted molar refractivity (Wildman–Crippen MR) is 96.9 cm³/mol. The number of hydrogen-bond donors (Lipinski definition) is 1. The molecular formula is C17H22N2O3S2. The molecule has 0 saturated carbocycles. The van der Waals surface area contributed by atoms with E-state index in [0.29, 0.717) is 12.1 Å². The van der Waals surface area contributed by atoms with Gasteiger partial charge >= 0.3 is 0 Å². The first-order valence-corrected chi connectivity index (χ1v) is 10.0. The summed E-state index contributed by atoms with van der Waals surface area (Å²) < 4.78 is 26.1. The van der Waals surface area contributed by atoms with Gasteiger partial charge < -0.3 is 5.32 Å². The van der Waals surface area contributed by atoms with E-state index in [2.05, 4.69) is 5.32 Å². The Morgan fingerprint density at radius 2 is 1.88 bits per heavy atom. The highest BCUT2D eigenvalue weighted by Gasteiger charge is 2.23. The van der Waals surface area contributed by atoms with Crippen molar-refractivity contribution in [3.05, 3.63) is 52.2 Å². The van der Waals surface area contributed by atoms with Gasteiger partial charge in [0.1, 0.15) is 0 Å². The van der Waals surface area contributed by atoms with Crippen LogP contribution in [0.4, 0.5) is 0 Å². The summed E-state index contributed by atoms with van der Waals surface area (Å²) >= 11 is 1.66. The van der Waals surface area contributed by atoms with Gasteiger partial charge in [-0.2, -0.15) is 4.31 Å². The maximum absolute atomic E-state index is 12.4. The summed E-state index contributed by atoms with van der Waals surface area (Å²) in [4.78, 5) is 13.5. The van der Waals surface area contributed by atoms with E-state index in [-0.39, 0.29) is 16.8 Å². The zero-order chi connectivity index (χ0) is 17.7. The summed E-state index contributed by atoms with van der Waals surface area (Å²) in [7, 11) is -1.98. The van der Waals surface area contributed by atoms with Crippen LogP contribution in [-0.2, 0) is 16.4 Å². The Bertz CT molecular complexity index is 767. The molecular weight excluding hydrogens is 344 g/mol. The monoisotopic (exact) mass is 366 g/mol. The minimum atomic E-state index is -3.52. The average molecular weight is 367 g/mol. The number of sulfonamides is 1. The summed E-state index contributed by atoms with van der Waals surface area (Å²) in [5.41, 5.74) is 0.451. The Labute approximate surface area is 147 Å². The number of carbonyl (C=O) groups excluding carboxylic acids is 1. The fraction of sp³-hybridized carbons (Fsp3) is 0.353. The van der Waals surface area contributed by atoms with Crippen molar-refractivity contribution in [2.24, 2.45) is 0 Å². The van der Waals surface area contributed by atoms with Gasteiger partial charge in [0.25, 0.3) is 5.91 Å². The maximum Gasteiger partial charge on any atom is 0.251 e. The van der Waals surface area contributed by atoms with Crippen molar-refractivity contribution in [3.8, 4) is 0 Å². The molecule has 5 nitrogen and oxygen atoms in total. The number of carbonyl (C=O) groups is 1. The molecule has 0 unspecified atom stereocenters. The third-order valence-electron chi connectivity index (χ3n) is 3.76. The molecule has 1 aromatic heterocycles. The van der Waals surface area contributed by atoms with E-state index in [1.165, 1.54) is 21.3 Å². The van der Waals surface area contributed by atoms with Crippen LogP contribution in [0.15, 0.2) is 46.7 Å². The van der Waals surface area contributed by atoms with E-state index in [9.17, 15) is 13.2 Å². The number of nitrogens with zero attached hydrogens (tertiary/aromatic N) is 1. The molecule has 0 spiro atoms. The Morgan fingerprint density at radius 1 is 1.21 bits per heavy atom. The lowest BCUT2D eigenvalue weighted by atomic mass is 10.2. The molecule has 0 radical (unpaired) electrons. The molecule has 0 atom stereocenters. The summed E-state index contributed by atoms with van der Waals surface area (Å²) in [6.45, 7) is 4.18. The van der Waals surface area contributed by atoms with Gasteiger partial charge in [-0.25, -0.2) is 8.42 Å². The first kappa shape index (κ1) is 18.6. The van der Waals surface area contributed by atoms with Gasteiger partial charge in [0.2, 0.25) is 10.0 Å². The second-order valence-corrected chi connectivity index (χ2v) is 8.75. The Morgan fingerprint density at radius 3 is 2.42 bits per heavy atom. The maximum atomic E-state index is 12.4. The Kier molecular flexibility index (Phi) is 6.15. The van der Waals surface area contributed by atoms with Gasteiger partial charge in [-0.15, -0.1) is 11.3 Å². The molecule has 130 valence electrons. The van der Waals surface area contributed by atoms with Crippen molar-refractivity contribution in [3.63, 3.8) is 0 Å². The van der Waals surface area contributed by atoms with Crippen LogP contribution in [0, 0.1) is 0 Å². The molecule has 0 aliphatic carbocycles. The number of rotatable bonds is 7. The second kappa shape index (κ2) is 7.92. The smallest absolute Gasteiger partial charge is 0.251 e. The van der Waals surface area contributed by atoms with E-state index in [1.54, 1.807) is 30.5 Å². The van der Waals surface area contributed by atoms with E-state index in [4.69, 9.17) is 0 Å². The lowest BCUT2D eigenvalue weighted by molar-refractivity contribution is 0.0954. The van der Waals surface area contributed by atoms with Crippen LogP contribution < -0.4 is 5.32 Å². The molecule has 0 aliphatic heterocycles. The lowest BCUT2D eigenvalue weighted by Gasteiger charge is -2.21. The van der Waals surface area contributed by atoms with E-state index >= 15 is 0 Å². The van der Waals surface area contributed by atoms with Crippen molar-refractivity contribution in [2.75, 3.05) is 13.6 Å². The third kappa shape index (κ3) is 4.43. The number of hydrogen-bond acceptors (Lipinski definition) is 4. The summed E-state index contributed by atoms with van der Waals surface area (Å²) in [5, 5.41) is 4.85. The van der Waals surface area contributed by atoms with Gasteiger partial charge in [0.15, 0.2) is 0 Å². The minimum Gasteiger partial charge on any atom is -0.352 e. The van der Waals surface area contributed by atoms with Crippen LogP contribution in [0.2, 0.25) is 0 Å². The molecule has 0 fully saturated rings. The average Bonchev–Trinajstić information content (AvgIpc) is 3.07. The first-order chi connectivity index (χ1) is 11.3. The molecule has 0 bridgehead atoms. The molecule has 2 rings (SSSR count). The third-order valence-corrected chi connectivity index (χ3v) is 6.74. The molecule has 7 heteroatoms.